The van der Waals surface area contributed by atoms with Crippen LogP contribution in [0.3, 0.4) is 0 Å². The topological polar surface area (TPSA) is 90.1 Å². The van der Waals surface area contributed by atoms with E-state index in [4.69, 9.17) is 10.5 Å². The summed E-state index contributed by atoms with van der Waals surface area (Å²) in [6.07, 6.45) is 2.08. The molecule has 1 aromatic carbocycles. The number of carbonyl (C=O) groups is 1. The Morgan fingerprint density at radius 1 is 1.22 bits per heavy atom. The van der Waals surface area contributed by atoms with Crippen molar-refractivity contribution < 1.29 is 9.53 Å². The molecule has 0 bridgehead atoms. The molecule has 0 saturated carbocycles. The number of carbonyl (C=O) groups excluding carboxylic acids is 1. The van der Waals surface area contributed by atoms with E-state index in [1.54, 1.807) is 24.3 Å². The number of hydrogen-bond donors (Lipinski definition) is 2. The van der Waals surface area contributed by atoms with Crippen LogP contribution in [0.15, 0.2) is 30.3 Å². The van der Waals surface area contributed by atoms with Crippen molar-refractivity contribution in [2.75, 3.05) is 13.1 Å². The van der Waals surface area contributed by atoms with E-state index in [0.717, 1.165) is 37.4 Å². The summed E-state index contributed by atoms with van der Waals surface area (Å²) in [5.41, 5.74) is 6.57. The average Bonchev–Trinajstić information content (AvgIpc) is 2.55. The lowest BCUT2D eigenvalue weighted by molar-refractivity contribution is 0.100. The normalized spacial score (nSPS) is 15.3. The molecule has 3 rings (SSSR count). The summed E-state index contributed by atoms with van der Waals surface area (Å²) in [6.45, 7) is 3.93. The molecule has 6 heteroatoms. The molecule has 1 aromatic heterocycles. The lowest BCUT2D eigenvalue weighted by atomic mass is 9.97. The third kappa shape index (κ3) is 3.84. The number of amides is 1. The number of primary amides is 1. The quantitative estimate of drug-likeness (QED) is 0.902. The van der Waals surface area contributed by atoms with Crippen LogP contribution >= 0.6 is 0 Å². The zero-order chi connectivity index (χ0) is 16.2. The first-order chi connectivity index (χ1) is 11.1. The first kappa shape index (κ1) is 15.4. The summed E-state index contributed by atoms with van der Waals surface area (Å²) in [5, 5.41) is 3.34. The van der Waals surface area contributed by atoms with Crippen molar-refractivity contribution in [3.63, 3.8) is 0 Å². The van der Waals surface area contributed by atoms with Crippen molar-refractivity contribution in [2.45, 2.75) is 25.7 Å². The zero-order valence-corrected chi connectivity index (χ0v) is 13.1. The summed E-state index contributed by atoms with van der Waals surface area (Å²) in [5.74, 6) is 1.90. The van der Waals surface area contributed by atoms with Gasteiger partial charge in [0.1, 0.15) is 11.6 Å². The van der Waals surface area contributed by atoms with Crippen LogP contribution in [0.4, 0.5) is 0 Å². The fourth-order valence-corrected chi connectivity index (χ4v) is 2.68. The molecular formula is C17H20N4O2. The molecule has 1 saturated heterocycles. The average molecular weight is 312 g/mol. The van der Waals surface area contributed by atoms with Crippen molar-refractivity contribution in [3.05, 3.63) is 47.4 Å². The first-order valence-electron chi connectivity index (χ1n) is 7.76. The number of piperidine rings is 1. The van der Waals surface area contributed by atoms with Gasteiger partial charge in [-0.2, -0.15) is 4.98 Å². The van der Waals surface area contributed by atoms with Crippen LogP contribution in [0.5, 0.6) is 11.6 Å². The van der Waals surface area contributed by atoms with Crippen LogP contribution in [0.25, 0.3) is 0 Å². The van der Waals surface area contributed by atoms with Gasteiger partial charge in [0.05, 0.1) is 0 Å². The maximum Gasteiger partial charge on any atom is 0.248 e. The van der Waals surface area contributed by atoms with Gasteiger partial charge < -0.3 is 15.8 Å². The summed E-state index contributed by atoms with van der Waals surface area (Å²) in [4.78, 5) is 20.2. The molecule has 1 fully saturated rings. The van der Waals surface area contributed by atoms with Crippen molar-refractivity contribution in [1.29, 1.82) is 0 Å². The summed E-state index contributed by atoms with van der Waals surface area (Å²) < 4.78 is 5.81. The van der Waals surface area contributed by atoms with Gasteiger partial charge in [0.15, 0.2) is 0 Å². The van der Waals surface area contributed by atoms with E-state index in [2.05, 4.69) is 15.3 Å². The largest absolute Gasteiger partial charge is 0.439 e. The number of rotatable bonds is 4. The number of benzene rings is 1. The van der Waals surface area contributed by atoms with Crippen LogP contribution in [0, 0.1) is 6.92 Å². The first-order valence-corrected chi connectivity index (χ1v) is 7.76. The molecule has 6 nitrogen and oxygen atoms in total. The Bertz CT molecular complexity index is 694. The van der Waals surface area contributed by atoms with Gasteiger partial charge in [-0.1, -0.05) is 0 Å². The molecule has 3 N–H and O–H groups in total. The molecule has 1 aliphatic rings. The summed E-state index contributed by atoms with van der Waals surface area (Å²) in [7, 11) is 0. The van der Waals surface area contributed by atoms with E-state index in [-0.39, 0.29) is 0 Å². The molecule has 0 spiro atoms. The molecule has 120 valence electrons. The predicted octanol–water partition coefficient (Wildman–Crippen LogP) is 2.14. The SMILES string of the molecule is Cc1cc(Oc2ccc(C(N)=O)cc2)nc(C2CCNCC2)n1. The molecule has 1 amide bonds. The van der Waals surface area contributed by atoms with E-state index in [1.807, 2.05) is 13.0 Å². The second-order valence-electron chi connectivity index (χ2n) is 5.72. The third-order valence-corrected chi connectivity index (χ3v) is 3.91. The van der Waals surface area contributed by atoms with Gasteiger partial charge in [-0.15, -0.1) is 0 Å². The highest BCUT2D eigenvalue weighted by Crippen LogP contribution is 2.26. The molecule has 2 heterocycles. The lowest BCUT2D eigenvalue weighted by Crippen LogP contribution is -2.27. The van der Waals surface area contributed by atoms with Crippen LogP contribution in [-0.4, -0.2) is 29.0 Å². The summed E-state index contributed by atoms with van der Waals surface area (Å²) >= 11 is 0. The number of ether oxygens (including phenoxy) is 1. The maximum atomic E-state index is 11.1. The highest BCUT2D eigenvalue weighted by molar-refractivity contribution is 5.92. The molecule has 0 aliphatic carbocycles. The summed E-state index contributed by atoms with van der Waals surface area (Å²) in [6, 6.07) is 8.51. The van der Waals surface area contributed by atoms with Crippen LogP contribution in [0.1, 0.15) is 40.6 Å². The van der Waals surface area contributed by atoms with Crippen molar-refractivity contribution in [3.8, 4) is 11.6 Å². The van der Waals surface area contributed by atoms with Gasteiger partial charge in [-0.05, 0) is 57.1 Å². The molecule has 0 radical (unpaired) electrons. The lowest BCUT2D eigenvalue weighted by Gasteiger charge is -2.21. The number of aryl methyl sites for hydroxylation is 1. The second-order valence-corrected chi connectivity index (χ2v) is 5.72. The molecule has 0 atom stereocenters. The Hall–Kier alpha value is -2.47. The minimum absolute atomic E-state index is 0.371. The van der Waals surface area contributed by atoms with Crippen LogP contribution < -0.4 is 15.8 Å². The zero-order valence-electron chi connectivity index (χ0n) is 13.1. The smallest absolute Gasteiger partial charge is 0.248 e. The van der Waals surface area contributed by atoms with E-state index < -0.39 is 5.91 Å². The highest BCUT2D eigenvalue weighted by Gasteiger charge is 2.19. The van der Waals surface area contributed by atoms with Crippen LogP contribution in [0.2, 0.25) is 0 Å². The van der Waals surface area contributed by atoms with Gasteiger partial charge in [0, 0.05) is 23.2 Å². The second kappa shape index (κ2) is 6.75. The molecule has 1 aliphatic heterocycles. The number of nitrogens with two attached hydrogens (primary N) is 1. The van der Waals surface area contributed by atoms with E-state index in [9.17, 15) is 4.79 Å². The third-order valence-electron chi connectivity index (χ3n) is 3.91. The van der Waals surface area contributed by atoms with Gasteiger partial charge in [-0.3, -0.25) is 4.79 Å². The number of aromatic nitrogens is 2. The Labute approximate surface area is 135 Å². The molecule has 0 unspecified atom stereocenters. The van der Waals surface area contributed by atoms with E-state index in [1.165, 1.54) is 0 Å². The fourth-order valence-electron chi connectivity index (χ4n) is 2.68. The molecule has 2 aromatic rings. The van der Waals surface area contributed by atoms with Gasteiger partial charge in [0.25, 0.3) is 0 Å². The van der Waals surface area contributed by atoms with E-state index in [0.29, 0.717) is 23.1 Å². The Balaban J connectivity index is 1.79. The Kier molecular flexibility index (Phi) is 4.52. The Morgan fingerprint density at radius 2 is 1.91 bits per heavy atom. The fraction of sp³-hybridized carbons (Fsp3) is 0.353. The minimum atomic E-state index is -0.456. The van der Waals surface area contributed by atoms with Crippen LogP contribution in [-0.2, 0) is 0 Å². The van der Waals surface area contributed by atoms with Crippen molar-refractivity contribution in [1.82, 2.24) is 15.3 Å². The highest BCUT2D eigenvalue weighted by atomic mass is 16.5. The Morgan fingerprint density at radius 3 is 2.57 bits per heavy atom. The standard InChI is InChI=1S/C17H20N4O2/c1-11-10-15(21-17(20-11)13-6-8-19-9-7-13)23-14-4-2-12(3-5-14)16(18)22/h2-5,10,13,19H,6-9H2,1H3,(H2,18,22). The predicted molar refractivity (Wildman–Crippen MR) is 86.6 cm³/mol. The monoisotopic (exact) mass is 312 g/mol. The van der Waals surface area contributed by atoms with E-state index >= 15 is 0 Å². The number of hydrogen-bond acceptors (Lipinski definition) is 5. The van der Waals surface area contributed by atoms with Gasteiger partial charge >= 0.3 is 0 Å². The maximum absolute atomic E-state index is 11.1. The van der Waals surface area contributed by atoms with Crippen molar-refractivity contribution >= 4 is 5.91 Å². The van der Waals surface area contributed by atoms with Gasteiger partial charge in [-0.25, -0.2) is 4.98 Å². The minimum Gasteiger partial charge on any atom is -0.439 e. The molecule has 23 heavy (non-hydrogen) atoms. The number of nitrogens with zero attached hydrogens (tertiary/aromatic N) is 2. The van der Waals surface area contributed by atoms with Crippen molar-refractivity contribution in [2.24, 2.45) is 5.73 Å². The number of nitrogens with one attached hydrogen (secondary N) is 1. The molecular weight excluding hydrogens is 292 g/mol. The van der Waals surface area contributed by atoms with Gasteiger partial charge in [0.2, 0.25) is 11.8 Å².